The Balaban J connectivity index is 0.000000189. The molecule has 0 bridgehead atoms. The van der Waals surface area contributed by atoms with Gasteiger partial charge >= 0.3 is 3.18 Å². The van der Waals surface area contributed by atoms with Crippen molar-refractivity contribution in [3.05, 3.63) is 161 Å². The highest BCUT2D eigenvalue weighted by Crippen LogP contribution is 2.45. The minimum Gasteiger partial charge on any atom is -0.507 e. The lowest BCUT2D eigenvalue weighted by molar-refractivity contribution is 0.382. The monoisotopic (exact) mass is 1210 g/mol. The van der Waals surface area contributed by atoms with E-state index in [2.05, 4.69) is 110 Å². The Morgan fingerprint density at radius 2 is 0.775 bits per heavy atom. The lowest BCUT2D eigenvalue weighted by Gasteiger charge is -2.18. The highest BCUT2D eigenvalue weighted by atomic mass is 79.9. The molecule has 9 rings (SSSR count). The second-order valence-corrected chi connectivity index (χ2v) is 24.4. The molecule has 6 aromatic carbocycles. The molecule has 0 aliphatic rings. The maximum Gasteiger partial charge on any atom is 0.369 e. The normalized spacial score (nSPS) is 10.7. The summed E-state index contributed by atoms with van der Waals surface area (Å²) < 4.78 is 12.0. The van der Waals surface area contributed by atoms with Crippen LogP contribution < -0.4 is 9.47 Å². The van der Waals surface area contributed by atoms with Crippen LogP contribution in [0.5, 0.6) is 34.5 Å². The lowest BCUT2D eigenvalue weighted by Crippen LogP contribution is -2.00. The zero-order valence-corrected chi connectivity index (χ0v) is 46.4. The summed E-state index contributed by atoms with van der Waals surface area (Å²) >= 11 is 12.7. The fourth-order valence-corrected chi connectivity index (χ4v) is 8.66. The molecule has 3 heterocycles. The minimum atomic E-state index is 0. The molecule has 0 unspecified atom stereocenters. The van der Waals surface area contributed by atoms with Gasteiger partial charge in [0.2, 0.25) is 0 Å². The van der Waals surface area contributed by atoms with Crippen molar-refractivity contribution < 1.29 is 29.9 Å². The lowest BCUT2D eigenvalue weighted by atomic mass is 9.97. The summed E-state index contributed by atoms with van der Waals surface area (Å²) in [7, 11) is 3.39. The van der Waals surface area contributed by atoms with E-state index in [-0.39, 0.29) is 45.4 Å². The van der Waals surface area contributed by atoms with Gasteiger partial charge in [-0.2, -0.15) is 0 Å². The predicted molar refractivity (Wildman–Crippen MR) is 311 cm³/mol. The molecule has 14 heteroatoms. The number of hydrogen-bond donors (Lipinski definition) is 4. The van der Waals surface area contributed by atoms with Gasteiger partial charge in [0.25, 0.3) is 0 Å². The molecule has 9 nitrogen and oxygen atoms in total. The summed E-state index contributed by atoms with van der Waals surface area (Å²) in [6.07, 6.45) is 5.50. The van der Waals surface area contributed by atoms with Gasteiger partial charge in [-0.15, -0.1) is 47.3 Å². The highest BCUT2D eigenvalue weighted by molar-refractivity contribution is 9.69. The van der Waals surface area contributed by atoms with E-state index in [1.807, 2.05) is 119 Å². The van der Waals surface area contributed by atoms with Crippen molar-refractivity contribution in [2.75, 3.05) is 14.2 Å². The van der Waals surface area contributed by atoms with E-state index in [4.69, 9.17) is 9.47 Å². The van der Waals surface area contributed by atoms with Crippen molar-refractivity contribution in [3.8, 4) is 68.3 Å². The molecule has 0 fully saturated rings. The van der Waals surface area contributed by atoms with Crippen LogP contribution >= 0.6 is 63.2 Å². The third-order valence-corrected chi connectivity index (χ3v) is 12.2. The Morgan fingerprint density at radius 3 is 1.14 bits per heavy atom. The van der Waals surface area contributed by atoms with Crippen LogP contribution in [-0.2, 0) is 0 Å². The van der Waals surface area contributed by atoms with E-state index in [0.29, 0.717) is 38.3 Å². The van der Waals surface area contributed by atoms with E-state index in [1.54, 1.807) is 44.8 Å². The van der Waals surface area contributed by atoms with Gasteiger partial charge in [-0.1, -0.05) is 122 Å². The smallest absolute Gasteiger partial charge is 0.369 e. The first-order valence-electron chi connectivity index (χ1n) is 22.5. The summed E-state index contributed by atoms with van der Waals surface area (Å²) in [4.78, 5) is 13.4. The molecule has 0 amide bonds. The number of phenols is 4. The predicted octanol–water partition coefficient (Wildman–Crippen LogP) is 17.5. The Hall–Kier alpha value is -5.67. The molecule has 71 heavy (non-hydrogen) atoms. The molecule has 3 aromatic heterocycles. The van der Waals surface area contributed by atoms with Gasteiger partial charge < -0.3 is 29.9 Å². The molecule has 0 saturated heterocycles. The van der Waals surface area contributed by atoms with Crippen LogP contribution in [0, 0.1) is 0 Å². The molecule has 0 atom stereocenters. The van der Waals surface area contributed by atoms with E-state index in [1.165, 1.54) is 5.39 Å². The highest BCUT2D eigenvalue weighted by Gasteiger charge is 2.21. The van der Waals surface area contributed by atoms with E-state index in [0.717, 1.165) is 60.9 Å². The van der Waals surface area contributed by atoms with Gasteiger partial charge in [0.15, 0.2) is 0 Å². The van der Waals surface area contributed by atoms with Crippen LogP contribution in [0.1, 0.15) is 83.4 Å². The Kier molecular flexibility index (Phi) is 20.3. The van der Waals surface area contributed by atoms with Crippen molar-refractivity contribution in [2.45, 2.75) is 66.7 Å². The number of ether oxygens (including phenoxy) is 2. The Bertz CT molecular complexity index is 3210. The summed E-state index contributed by atoms with van der Waals surface area (Å²) in [5.41, 5.74) is 6.91. The molecule has 0 radical (unpaired) electrons. The second-order valence-electron chi connectivity index (χ2n) is 17.2. The van der Waals surface area contributed by atoms with Gasteiger partial charge in [-0.3, -0.25) is 15.0 Å². The zero-order chi connectivity index (χ0) is 50.8. The number of rotatable bonds is 8. The fraction of sp³-hybridized carbons (Fsp3) is 0.211. The first-order chi connectivity index (χ1) is 33.4. The molecule has 0 spiro atoms. The van der Waals surface area contributed by atoms with Gasteiger partial charge in [-0.05, 0) is 98.4 Å². The number of aromatic hydroxyl groups is 4. The van der Waals surface area contributed by atoms with Crippen LogP contribution in [0.25, 0.3) is 66.1 Å². The van der Waals surface area contributed by atoms with Crippen molar-refractivity contribution in [3.63, 3.8) is 0 Å². The van der Waals surface area contributed by atoms with Gasteiger partial charge in [0.1, 0.15) is 34.5 Å². The Labute approximate surface area is 450 Å². The fourth-order valence-electron chi connectivity index (χ4n) is 8.13. The van der Waals surface area contributed by atoms with E-state index < -0.39 is 0 Å². The number of aromatic nitrogens is 3. The summed E-state index contributed by atoms with van der Waals surface area (Å²) in [6.45, 7) is 12.0. The summed E-state index contributed by atoms with van der Waals surface area (Å²) in [5.74, 6) is 2.44. The van der Waals surface area contributed by atoms with Gasteiger partial charge in [-0.25, -0.2) is 0 Å². The zero-order valence-electron chi connectivity index (χ0n) is 40.0. The van der Waals surface area contributed by atoms with Crippen LogP contribution in [0.15, 0.2) is 144 Å². The second kappa shape index (κ2) is 25.6. The maximum atomic E-state index is 10.4. The number of hydrogen-bond acceptors (Lipinski definition) is 9. The van der Waals surface area contributed by atoms with Gasteiger partial charge in [0, 0.05) is 68.1 Å². The number of halogens is 4. The third kappa shape index (κ3) is 13.9. The quantitative estimate of drug-likeness (QED) is 0.110. The first kappa shape index (κ1) is 56.3. The maximum absolute atomic E-state index is 10.4. The summed E-state index contributed by atoms with van der Waals surface area (Å²) in [5, 5.41) is 47.4. The molecule has 4 N–H and O–H groups in total. The number of fused-ring (bicyclic) bond motifs is 3. The number of pyridine rings is 3. The summed E-state index contributed by atoms with van der Waals surface area (Å²) in [6, 6.07) is 39.2. The number of nitrogens with zero attached hydrogens (tertiary/aromatic N) is 3. The van der Waals surface area contributed by atoms with Crippen molar-refractivity contribution in [2.24, 2.45) is 0 Å². The molecule has 0 aliphatic carbocycles. The standard InChI is InChI=1S/C20H21NO2.C18H16BrNO2.C18H17NO2.CH4.BBr3/c1-13(2)20-18(22-3)10-16(11-19(20)23-4)17-9-14-7-5-6-8-15(14)12-21-17;1-10(2)16-15(21)8-13(17(19)18(16)22)14-7-11-5-3-4-6-12(11)9-20-14;1-11(2)18-16(20)8-14(9-17(18)21)15-7-12-5-3-4-6-13(12)10-19-15;;2-1(3)4/h5-13H,1-4H3;3-10,21-22H,1-2H3;3-11,20-21H,1-2H3;1H4;. The van der Waals surface area contributed by atoms with E-state index in [9.17, 15) is 20.4 Å². The molecule has 9 aromatic rings. The molecule has 0 saturated carbocycles. The van der Waals surface area contributed by atoms with Crippen LogP contribution in [0.3, 0.4) is 0 Å². The minimum absolute atomic E-state index is 0. The SMILES string of the molecule is BrB(Br)Br.C.CC(C)c1c(O)cc(-c2cc3ccccc3cn2)c(Br)c1O.CC(C)c1c(O)cc(-c2cc3ccccc3cn2)cc1O.COc1cc(-c2cc3ccccc3cn2)cc(OC)c1C(C)C. The average Bonchev–Trinajstić information content (AvgIpc) is 3.33. The third-order valence-electron chi connectivity index (χ3n) is 11.4. The molecule has 0 aliphatic heterocycles. The van der Waals surface area contributed by atoms with Crippen molar-refractivity contribution >= 4 is 98.7 Å². The van der Waals surface area contributed by atoms with Crippen molar-refractivity contribution in [1.82, 2.24) is 15.0 Å². The van der Waals surface area contributed by atoms with Crippen LogP contribution in [0.4, 0.5) is 0 Å². The molecule has 368 valence electrons. The Morgan fingerprint density at radius 1 is 0.451 bits per heavy atom. The van der Waals surface area contributed by atoms with Crippen LogP contribution in [0.2, 0.25) is 0 Å². The first-order valence-corrected chi connectivity index (χ1v) is 26.0. The molecular formula is C57H58BBr4N3O6. The number of phenolic OH excluding ortho intramolecular Hbond substituents is 4. The van der Waals surface area contributed by atoms with Crippen molar-refractivity contribution in [1.29, 1.82) is 0 Å². The topological polar surface area (TPSA) is 138 Å². The van der Waals surface area contributed by atoms with Gasteiger partial charge in [0.05, 0.1) is 35.8 Å². The number of benzene rings is 6. The van der Waals surface area contributed by atoms with Crippen LogP contribution in [-0.4, -0.2) is 52.8 Å². The average molecular weight is 1210 g/mol. The molecular weight excluding hydrogens is 1150 g/mol. The van der Waals surface area contributed by atoms with E-state index >= 15 is 0 Å². The number of methoxy groups -OCH3 is 2. The largest absolute Gasteiger partial charge is 0.507 e.